The Labute approximate surface area is 345 Å². The molecule has 4 bridgehead atoms. The molecule has 0 aromatic carbocycles. The van der Waals surface area contributed by atoms with Crippen LogP contribution in [0.4, 0.5) is 0 Å². The van der Waals surface area contributed by atoms with E-state index in [0.717, 1.165) is 115 Å². The number of carbonyl (C=O) groups excluding carboxylic acids is 2. The number of nitrogens with one attached hydrogen (secondary N) is 2. The molecular formula is C48H68N6O4. The van der Waals surface area contributed by atoms with E-state index >= 15 is 0 Å². The fourth-order valence-corrected chi connectivity index (χ4v) is 12.9. The zero-order valence-electron chi connectivity index (χ0n) is 35.8. The number of aromatic nitrogens is 2. The molecule has 4 heterocycles. The number of allylic oxidation sites excluding steroid dienone is 2. The molecule has 10 nitrogen and oxygen atoms in total. The second-order valence-corrected chi connectivity index (χ2v) is 19.2. The fraction of sp³-hybridized carbons (Fsp3) is 0.667. The average molecular weight is 793 g/mol. The highest BCUT2D eigenvalue weighted by Crippen LogP contribution is 2.58. The Morgan fingerprint density at radius 1 is 0.638 bits per heavy atom. The van der Waals surface area contributed by atoms with Crippen LogP contribution >= 0.6 is 0 Å². The average Bonchev–Trinajstić information content (AvgIpc) is 3.18. The number of fused-ring (bicyclic) bond motifs is 2. The smallest absolute Gasteiger partial charge is 0.248 e. The minimum atomic E-state index is -0.332. The van der Waals surface area contributed by atoms with E-state index in [1.54, 1.807) is 12.1 Å². The molecule has 2 fully saturated rings. The first kappa shape index (κ1) is 41.0. The van der Waals surface area contributed by atoms with Gasteiger partial charge in [-0.05, 0) is 152 Å². The zero-order chi connectivity index (χ0) is 40.6. The van der Waals surface area contributed by atoms with Gasteiger partial charge in [0.15, 0.2) is 0 Å². The molecule has 0 unspecified atom stereocenters. The second-order valence-electron chi connectivity index (χ2n) is 19.2. The Kier molecular flexibility index (Phi) is 12.1. The predicted molar refractivity (Wildman–Crippen MR) is 229 cm³/mol. The standard InChI is InChI=1S/C48H68N6O4/c1-33-27-35-29-41-39(15-17-43(55)49-41)47(31-33)37(35)13-11-23-53(47)45(57)19-25-51(3)21-9-7-5-6-8-10-22-52(4)26-20-46(58)54-24-12-14-38-36-28-34(2)32-48(38,54)40-16-18-44(56)50-42(40)30-36/h15-18,27-28,35-38H,5-14,19-26,29-32H2,1-4H3,(H,49,55)(H,50,56)/t35-,36-,37-,38-,47+,48+/m1/s1. The molecule has 2 amide bonds. The summed E-state index contributed by atoms with van der Waals surface area (Å²) in [5.41, 5.74) is 6.37. The molecule has 0 saturated carbocycles. The highest BCUT2D eigenvalue weighted by atomic mass is 16.2. The van der Waals surface area contributed by atoms with Crippen LogP contribution in [0.5, 0.6) is 0 Å². The Hall–Kier alpha value is -3.76. The van der Waals surface area contributed by atoms with E-state index in [1.807, 2.05) is 12.1 Å². The van der Waals surface area contributed by atoms with Gasteiger partial charge in [0.25, 0.3) is 0 Å². The van der Waals surface area contributed by atoms with Crippen LogP contribution in [0.3, 0.4) is 0 Å². The number of hydrogen-bond acceptors (Lipinski definition) is 6. The first-order valence-corrected chi connectivity index (χ1v) is 22.8. The van der Waals surface area contributed by atoms with Gasteiger partial charge < -0.3 is 29.6 Å². The molecule has 58 heavy (non-hydrogen) atoms. The maximum Gasteiger partial charge on any atom is 0.248 e. The third-order valence-electron chi connectivity index (χ3n) is 15.3. The lowest BCUT2D eigenvalue weighted by atomic mass is 9.56. The topological polar surface area (TPSA) is 113 Å². The van der Waals surface area contributed by atoms with Gasteiger partial charge in [-0.3, -0.25) is 19.2 Å². The number of aromatic amines is 2. The maximum absolute atomic E-state index is 14.0. The van der Waals surface area contributed by atoms with E-state index in [9.17, 15) is 19.2 Å². The summed E-state index contributed by atoms with van der Waals surface area (Å²) in [6, 6.07) is 7.34. The lowest BCUT2D eigenvalue weighted by molar-refractivity contribution is -0.149. The van der Waals surface area contributed by atoms with Crippen LogP contribution in [-0.4, -0.2) is 94.7 Å². The van der Waals surface area contributed by atoms with Gasteiger partial charge in [0, 0.05) is 62.5 Å². The molecule has 4 aliphatic carbocycles. The Bertz CT molecular complexity index is 1890. The van der Waals surface area contributed by atoms with Crippen LogP contribution in [-0.2, 0) is 33.5 Å². The molecule has 2 N–H and O–H groups in total. The molecule has 8 rings (SSSR count). The van der Waals surface area contributed by atoms with E-state index < -0.39 is 0 Å². The number of pyridine rings is 2. The maximum atomic E-state index is 14.0. The monoisotopic (exact) mass is 793 g/mol. The molecule has 0 radical (unpaired) electrons. The van der Waals surface area contributed by atoms with Gasteiger partial charge >= 0.3 is 0 Å². The minimum Gasteiger partial charge on any atom is -0.332 e. The number of H-pyrrole nitrogens is 2. The quantitative estimate of drug-likeness (QED) is 0.154. The van der Waals surface area contributed by atoms with E-state index in [4.69, 9.17) is 0 Å². The number of amides is 2. The summed E-state index contributed by atoms with van der Waals surface area (Å²) < 4.78 is 0. The van der Waals surface area contributed by atoms with Gasteiger partial charge in [0.1, 0.15) is 0 Å². The van der Waals surface area contributed by atoms with Crippen molar-refractivity contribution < 1.29 is 9.59 Å². The lowest BCUT2D eigenvalue weighted by Gasteiger charge is -2.59. The van der Waals surface area contributed by atoms with Gasteiger partial charge in [-0.1, -0.05) is 49.0 Å². The predicted octanol–water partition coefficient (Wildman–Crippen LogP) is 6.66. The molecule has 6 aliphatic rings. The van der Waals surface area contributed by atoms with Crippen LogP contribution in [0.1, 0.15) is 126 Å². The highest BCUT2D eigenvalue weighted by molar-refractivity contribution is 5.79. The Morgan fingerprint density at radius 3 is 1.48 bits per heavy atom. The van der Waals surface area contributed by atoms with Crippen LogP contribution in [0.2, 0.25) is 0 Å². The van der Waals surface area contributed by atoms with Crippen LogP contribution in [0.25, 0.3) is 0 Å². The van der Waals surface area contributed by atoms with Gasteiger partial charge in [-0.25, -0.2) is 0 Å². The number of nitrogens with zero attached hydrogens (tertiary/aromatic N) is 4. The summed E-state index contributed by atoms with van der Waals surface area (Å²) in [5, 5.41) is 0. The summed E-state index contributed by atoms with van der Waals surface area (Å²) in [5.74, 6) is 2.09. The minimum absolute atomic E-state index is 0.0513. The number of unbranched alkanes of at least 4 members (excludes halogenated alkanes) is 5. The molecule has 6 atom stereocenters. The van der Waals surface area contributed by atoms with Crippen molar-refractivity contribution in [3.8, 4) is 0 Å². The van der Waals surface area contributed by atoms with Crippen LogP contribution < -0.4 is 11.1 Å². The van der Waals surface area contributed by atoms with Crippen LogP contribution in [0.15, 0.2) is 57.2 Å². The number of carbonyl (C=O) groups is 2. The summed E-state index contributed by atoms with van der Waals surface area (Å²) in [4.78, 5) is 68.0. The molecule has 2 aromatic rings. The first-order chi connectivity index (χ1) is 28.0. The summed E-state index contributed by atoms with van der Waals surface area (Å²) in [6.07, 6.45) is 20.8. The summed E-state index contributed by atoms with van der Waals surface area (Å²) >= 11 is 0. The van der Waals surface area contributed by atoms with Crippen LogP contribution in [0, 0.1) is 23.7 Å². The van der Waals surface area contributed by atoms with E-state index in [1.165, 1.54) is 48.0 Å². The third-order valence-corrected chi connectivity index (χ3v) is 15.3. The molecule has 2 aromatic heterocycles. The number of rotatable bonds is 15. The van der Waals surface area contributed by atoms with E-state index in [2.05, 4.69) is 69.7 Å². The van der Waals surface area contributed by atoms with Gasteiger partial charge in [0.2, 0.25) is 22.9 Å². The van der Waals surface area contributed by atoms with Crippen molar-refractivity contribution in [3.63, 3.8) is 0 Å². The molecule has 314 valence electrons. The number of piperidine rings is 2. The fourth-order valence-electron chi connectivity index (χ4n) is 12.9. The van der Waals surface area contributed by atoms with Gasteiger partial charge in [0.05, 0.1) is 11.1 Å². The number of hydrogen-bond donors (Lipinski definition) is 2. The first-order valence-electron chi connectivity index (χ1n) is 22.8. The Balaban J connectivity index is 0.736. The van der Waals surface area contributed by atoms with Gasteiger partial charge in [-0.2, -0.15) is 0 Å². The van der Waals surface area contributed by atoms with Crippen molar-refractivity contribution in [1.82, 2.24) is 29.6 Å². The molecule has 0 spiro atoms. The molecule has 2 saturated heterocycles. The SMILES string of the molecule is CC1=C[C@@H]2Cc3[nH]c(=O)ccc3[C@]3(C1)[C@@H]2CCCN3C(=O)CCN(C)CCCCCCCCN(C)CCC(=O)N1CCC[C@@H]2[C@@H]3C=C(C)C[C@@]21c1ccc(=O)[nH]c1C3. The second kappa shape index (κ2) is 17.1. The Morgan fingerprint density at radius 2 is 1.05 bits per heavy atom. The summed E-state index contributed by atoms with van der Waals surface area (Å²) in [7, 11) is 4.30. The third kappa shape index (κ3) is 7.73. The molecular weight excluding hydrogens is 725 g/mol. The van der Waals surface area contributed by atoms with Crippen molar-refractivity contribution >= 4 is 11.8 Å². The highest BCUT2D eigenvalue weighted by Gasteiger charge is 2.58. The van der Waals surface area contributed by atoms with Crippen molar-refractivity contribution in [3.05, 3.63) is 90.8 Å². The van der Waals surface area contributed by atoms with Crippen molar-refractivity contribution in [1.29, 1.82) is 0 Å². The zero-order valence-corrected chi connectivity index (χ0v) is 35.8. The molecule has 2 aliphatic heterocycles. The normalized spacial score (nSPS) is 28.3. The van der Waals surface area contributed by atoms with Crippen molar-refractivity contribution in [2.24, 2.45) is 23.7 Å². The van der Waals surface area contributed by atoms with E-state index in [-0.39, 0.29) is 34.0 Å². The van der Waals surface area contributed by atoms with E-state index in [0.29, 0.717) is 36.5 Å². The lowest BCUT2D eigenvalue weighted by Crippen LogP contribution is -2.62. The number of likely N-dealkylation sites (tertiary alicyclic amines) is 2. The van der Waals surface area contributed by atoms with Gasteiger partial charge in [-0.15, -0.1) is 0 Å². The molecule has 10 heteroatoms. The summed E-state index contributed by atoms with van der Waals surface area (Å²) in [6.45, 7) is 9.57. The van der Waals surface area contributed by atoms with Crippen molar-refractivity contribution in [2.75, 3.05) is 53.4 Å². The largest absolute Gasteiger partial charge is 0.332 e. The van der Waals surface area contributed by atoms with Crippen molar-refractivity contribution in [2.45, 2.75) is 128 Å².